The Hall–Kier alpha value is -3.84. The quantitative estimate of drug-likeness (QED) is 0.560. The van der Waals surface area contributed by atoms with Gasteiger partial charge in [-0.25, -0.2) is 0 Å². The predicted octanol–water partition coefficient (Wildman–Crippen LogP) is 1.59. The highest BCUT2D eigenvalue weighted by Gasteiger charge is 2.26. The maximum atomic E-state index is 13.5. The molecule has 2 aliphatic rings. The molecule has 35 heavy (non-hydrogen) atoms. The van der Waals surface area contributed by atoms with E-state index in [1.54, 1.807) is 32.2 Å². The van der Waals surface area contributed by atoms with Gasteiger partial charge in [0.15, 0.2) is 11.2 Å². The van der Waals surface area contributed by atoms with E-state index in [1.165, 1.54) is 4.57 Å². The number of hydrogen-bond donors (Lipinski definition) is 1. The lowest BCUT2D eigenvalue weighted by atomic mass is 10.2. The molecule has 1 amide bonds. The molecule has 0 radical (unpaired) electrons. The Bertz CT molecular complexity index is 1370. The number of likely N-dealkylation sites (tertiary alicyclic amines) is 1. The number of fused-ring (bicyclic) bond motifs is 1. The Morgan fingerprint density at radius 1 is 1.11 bits per heavy atom. The van der Waals surface area contributed by atoms with Crippen molar-refractivity contribution < 1.29 is 9.53 Å². The zero-order valence-electron chi connectivity index (χ0n) is 20.1. The third-order valence-corrected chi connectivity index (χ3v) is 6.45. The van der Waals surface area contributed by atoms with E-state index in [9.17, 15) is 9.59 Å². The Balaban J connectivity index is 1.56. The molecule has 10 nitrogen and oxygen atoms in total. The molecule has 5 rings (SSSR count). The number of benzene rings is 1. The third-order valence-electron chi connectivity index (χ3n) is 6.45. The van der Waals surface area contributed by atoms with Gasteiger partial charge in [0, 0.05) is 46.3 Å². The first-order valence-electron chi connectivity index (χ1n) is 12.0. The molecule has 2 aliphatic heterocycles. The van der Waals surface area contributed by atoms with Crippen molar-refractivity contribution in [1.29, 1.82) is 0 Å². The van der Waals surface area contributed by atoms with Crippen LogP contribution in [0.5, 0.6) is 11.8 Å². The summed E-state index contributed by atoms with van der Waals surface area (Å²) in [4.78, 5) is 39.8. The highest BCUT2D eigenvalue weighted by Crippen LogP contribution is 2.27. The summed E-state index contributed by atoms with van der Waals surface area (Å²) in [5.74, 6) is 6.92. The van der Waals surface area contributed by atoms with Crippen LogP contribution in [0.1, 0.15) is 30.1 Å². The fraction of sp³-hybridized carbons (Fsp3) is 0.440. The number of aromatic nitrogens is 4. The van der Waals surface area contributed by atoms with Crippen molar-refractivity contribution in [3.05, 3.63) is 40.2 Å². The van der Waals surface area contributed by atoms with Crippen molar-refractivity contribution in [2.75, 3.05) is 44.2 Å². The number of ether oxygens (including phenoxy) is 1. The number of carbonyl (C=O) groups excluding carboxylic acids is 1. The summed E-state index contributed by atoms with van der Waals surface area (Å²) in [6.07, 6.45) is 2.00. The van der Waals surface area contributed by atoms with Crippen molar-refractivity contribution in [3.63, 3.8) is 0 Å². The lowest BCUT2D eigenvalue weighted by Crippen LogP contribution is -2.44. The molecule has 0 bridgehead atoms. The molecule has 2 aromatic heterocycles. The van der Waals surface area contributed by atoms with Crippen LogP contribution in [-0.4, -0.2) is 69.2 Å². The number of nitrogens with zero attached hydrogens (tertiary/aromatic N) is 6. The average molecular weight is 476 g/mol. The van der Waals surface area contributed by atoms with Crippen LogP contribution in [0.25, 0.3) is 11.2 Å². The number of hydrogen-bond acceptors (Lipinski definition) is 7. The van der Waals surface area contributed by atoms with Gasteiger partial charge < -0.3 is 19.9 Å². The molecular formula is C25H29N7O3. The normalized spacial score (nSPS) is 15.8. The number of carbonyl (C=O) groups is 1. The number of piperazine rings is 1. The van der Waals surface area contributed by atoms with E-state index >= 15 is 0 Å². The van der Waals surface area contributed by atoms with Crippen LogP contribution in [0.2, 0.25) is 0 Å². The van der Waals surface area contributed by atoms with Crippen molar-refractivity contribution in [1.82, 2.24) is 29.3 Å². The zero-order chi connectivity index (χ0) is 24.4. The van der Waals surface area contributed by atoms with Crippen LogP contribution < -0.4 is 20.5 Å². The number of anilines is 1. The van der Waals surface area contributed by atoms with Crippen LogP contribution in [0.15, 0.2) is 29.1 Å². The van der Waals surface area contributed by atoms with E-state index in [2.05, 4.69) is 27.0 Å². The Morgan fingerprint density at radius 2 is 1.86 bits per heavy atom. The van der Waals surface area contributed by atoms with E-state index in [0.29, 0.717) is 35.0 Å². The summed E-state index contributed by atoms with van der Waals surface area (Å²) < 4.78 is 9.28. The molecule has 182 valence electrons. The van der Waals surface area contributed by atoms with E-state index in [-0.39, 0.29) is 17.5 Å². The minimum absolute atomic E-state index is 0.0763. The predicted molar refractivity (Wildman–Crippen MR) is 133 cm³/mol. The summed E-state index contributed by atoms with van der Waals surface area (Å²) in [7, 11) is 1.61. The molecule has 1 aromatic carbocycles. The largest absolute Gasteiger partial charge is 0.425 e. The highest BCUT2D eigenvalue weighted by molar-refractivity contribution is 5.97. The topological polar surface area (TPSA) is 97.5 Å². The molecule has 10 heteroatoms. The van der Waals surface area contributed by atoms with Gasteiger partial charge in [-0.05, 0) is 31.9 Å². The molecule has 0 spiro atoms. The number of imidazole rings is 1. The summed E-state index contributed by atoms with van der Waals surface area (Å²) in [5.41, 5.74) is 0.865. The van der Waals surface area contributed by atoms with Gasteiger partial charge in [0.25, 0.3) is 11.5 Å². The zero-order valence-corrected chi connectivity index (χ0v) is 20.1. The minimum Gasteiger partial charge on any atom is -0.425 e. The number of nitrogens with one attached hydrogen (secondary N) is 1. The molecule has 0 aliphatic carbocycles. The van der Waals surface area contributed by atoms with Gasteiger partial charge in [0.05, 0.1) is 12.1 Å². The fourth-order valence-corrected chi connectivity index (χ4v) is 4.56. The molecular weight excluding hydrogens is 446 g/mol. The monoisotopic (exact) mass is 475 g/mol. The molecule has 2 fully saturated rings. The molecule has 0 saturated carbocycles. The first-order chi connectivity index (χ1) is 17.1. The Morgan fingerprint density at radius 3 is 2.60 bits per heavy atom. The van der Waals surface area contributed by atoms with Gasteiger partial charge >= 0.3 is 6.01 Å². The second-order valence-corrected chi connectivity index (χ2v) is 8.69. The van der Waals surface area contributed by atoms with Crippen LogP contribution in [0.4, 0.5) is 5.95 Å². The van der Waals surface area contributed by atoms with Gasteiger partial charge in [0.1, 0.15) is 5.75 Å². The average Bonchev–Trinajstić information content (AvgIpc) is 3.55. The number of amides is 1. The van der Waals surface area contributed by atoms with Gasteiger partial charge in [0.2, 0.25) is 5.95 Å². The van der Waals surface area contributed by atoms with Crippen molar-refractivity contribution >= 4 is 23.0 Å². The lowest BCUT2D eigenvalue weighted by molar-refractivity contribution is 0.0790. The van der Waals surface area contributed by atoms with Crippen LogP contribution in [0, 0.1) is 11.8 Å². The minimum atomic E-state index is -0.278. The fourth-order valence-electron chi connectivity index (χ4n) is 4.56. The summed E-state index contributed by atoms with van der Waals surface area (Å²) in [6.45, 7) is 6.82. The maximum Gasteiger partial charge on any atom is 0.306 e. The molecule has 3 aromatic rings. The van der Waals surface area contributed by atoms with Gasteiger partial charge in [-0.2, -0.15) is 9.97 Å². The third kappa shape index (κ3) is 4.35. The summed E-state index contributed by atoms with van der Waals surface area (Å²) in [5, 5.41) is 3.33. The second kappa shape index (κ2) is 9.80. The van der Waals surface area contributed by atoms with Crippen LogP contribution in [0.3, 0.4) is 0 Å². The van der Waals surface area contributed by atoms with Gasteiger partial charge in [-0.3, -0.25) is 18.7 Å². The van der Waals surface area contributed by atoms with Crippen LogP contribution in [-0.2, 0) is 13.6 Å². The van der Waals surface area contributed by atoms with Gasteiger partial charge in [-0.15, -0.1) is 5.92 Å². The first kappa shape index (κ1) is 22.9. The number of para-hydroxylation sites is 1. The van der Waals surface area contributed by atoms with Gasteiger partial charge in [-0.1, -0.05) is 18.1 Å². The van der Waals surface area contributed by atoms with E-state index in [1.807, 2.05) is 15.5 Å². The van der Waals surface area contributed by atoms with E-state index < -0.39 is 0 Å². The first-order valence-corrected chi connectivity index (χ1v) is 12.0. The highest BCUT2D eigenvalue weighted by atomic mass is 16.5. The van der Waals surface area contributed by atoms with Crippen molar-refractivity contribution in [2.24, 2.45) is 7.05 Å². The molecule has 2 saturated heterocycles. The van der Waals surface area contributed by atoms with Crippen molar-refractivity contribution in [2.45, 2.75) is 26.3 Å². The van der Waals surface area contributed by atoms with Crippen molar-refractivity contribution in [3.8, 4) is 23.6 Å². The SMILES string of the molecule is CC#CCn1c(N2CCNCC2)nc2nc(Oc3ccccc3C(=O)N3CCCC3)n(C)c(=O)c21. The summed E-state index contributed by atoms with van der Waals surface area (Å²) >= 11 is 0. The van der Waals surface area contributed by atoms with E-state index in [0.717, 1.165) is 52.1 Å². The Kier molecular flexibility index (Phi) is 6.42. The maximum absolute atomic E-state index is 13.5. The second-order valence-electron chi connectivity index (χ2n) is 8.69. The summed E-state index contributed by atoms with van der Waals surface area (Å²) in [6, 6.07) is 7.16. The number of rotatable bonds is 5. The molecule has 0 atom stereocenters. The molecule has 0 unspecified atom stereocenters. The molecule has 4 heterocycles. The molecule has 1 N–H and O–H groups in total. The standard InChI is InChI=1S/C25H29N7O3/c1-3-4-15-32-20-21(27-24(32)31-16-11-26-12-17-31)28-25(29(2)23(20)34)35-19-10-6-5-9-18(19)22(33)30-13-7-8-14-30/h5-6,9-10,26H,7-8,11-17H2,1-2H3. The lowest BCUT2D eigenvalue weighted by Gasteiger charge is -2.28. The Labute approximate surface area is 203 Å². The van der Waals surface area contributed by atoms with E-state index in [4.69, 9.17) is 9.72 Å². The van der Waals surface area contributed by atoms with Crippen LogP contribution >= 0.6 is 0 Å². The smallest absolute Gasteiger partial charge is 0.306 e.